The molecule has 0 aromatic rings. The number of hydrogen-bond acceptors (Lipinski definition) is 3. The Bertz CT molecular complexity index is 533. The number of carboxylic acids is 1. The first-order valence-corrected chi connectivity index (χ1v) is 9.59. The number of carbonyl (C=O) groups excluding carboxylic acids is 1. The molecule has 4 aliphatic rings. The molecular formula is C19H28N2O3. The first-order valence-electron chi connectivity index (χ1n) is 9.59. The van der Waals surface area contributed by atoms with Crippen LogP contribution in [-0.4, -0.2) is 59.0 Å². The van der Waals surface area contributed by atoms with E-state index >= 15 is 0 Å². The number of fused-ring (bicyclic) bond motifs is 2. The molecule has 1 aliphatic heterocycles. The van der Waals surface area contributed by atoms with E-state index in [0.29, 0.717) is 6.04 Å². The van der Waals surface area contributed by atoms with Crippen molar-refractivity contribution in [2.24, 2.45) is 23.7 Å². The van der Waals surface area contributed by atoms with Crippen molar-refractivity contribution in [2.75, 3.05) is 26.2 Å². The fourth-order valence-electron chi connectivity index (χ4n) is 5.46. The lowest BCUT2D eigenvalue weighted by atomic mass is 9.82. The topological polar surface area (TPSA) is 60.9 Å². The van der Waals surface area contributed by atoms with Crippen LogP contribution in [-0.2, 0) is 9.59 Å². The Labute approximate surface area is 143 Å². The molecule has 5 heteroatoms. The smallest absolute Gasteiger partial charge is 0.307 e. The number of carboxylic acid groups (broad SMARTS) is 1. The molecule has 3 aliphatic carbocycles. The molecule has 3 fully saturated rings. The second-order valence-corrected chi connectivity index (χ2v) is 7.99. The zero-order valence-electron chi connectivity index (χ0n) is 14.3. The first-order chi connectivity index (χ1) is 11.6. The number of nitrogens with zero attached hydrogens (tertiary/aromatic N) is 2. The van der Waals surface area contributed by atoms with Crippen LogP contribution in [0, 0.1) is 23.7 Å². The second-order valence-electron chi connectivity index (χ2n) is 7.99. The number of carbonyl (C=O) groups is 2. The predicted octanol–water partition coefficient (Wildman–Crippen LogP) is 1.99. The highest BCUT2D eigenvalue weighted by atomic mass is 16.4. The number of allylic oxidation sites excluding steroid dienone is 2. The molecule has 132 valence electrons. The van der Waals surface area contributed by atoms with Gasteiger partial charge in [-0.3, -0.25) is 14.5 Å². The third-order valence-corrected chi connectivity index (χ3v) is 6.75. The van der Waals surface area contributed by atoms with E-state index in [1.165, 1.54) is 32.1 Å². The summed E-state index contributed by atoms with van der Waals surface area (Å²) in [6.07, 6.45) is 11.6. The molecule has 1 saturated heterocycles. The lowest BCUT2D eigenvalue weighted by Crippen LogP contribution is -2.54. The van der Waals surface area contributed by atoms with E-state index in [9.17, 15) is 14.7 Å². The van der Waals surface area contributed by atoms with E-state index in [2.05, 4.69) is 11.0 Å². The minimum atomic E-state index is -0.800. The Hall–Kier alpha value is -1.36. The average molecular weight is 332 g/mol. The van der Waals surface area contributed by atoms with Gasteiger partial charge in [0.1, 0.15) is 0 Å². The quantitative estimate of drug-likeness (QED) is 0.803. The Morgan fingerprint density at radius 1 is 0.875 bits per heavy atom. The fourth-order valence-corrected chi connectivity index (χ4v) is 5.46. The molecule has 0 aromatic carbocycles. The molecule has 0 unspecified atom stereocenters. The summed E-state index contributed by atoms with van der Waals surface area (Å²) in [5.74, 6) is -1.36. The minimum absolute atomic E-state index is 0.0602. The Morgan fingerprint density at radius 2 is 1.50 bits per heavy atom. The monoisotopic (exact) mass is 332 g/mol. The first kappa shape index (κ1) is 16.1. The van der Waals surface area contributed by atoms with Gasteiger partial charge in [-0.15, -0.1) is 0 Å². The van der Waals surface area contributed by atoms with E-state index in [1.54, 1.807) is 0 Å². The summed E-state index contributed by atoms with van der Waals surface area (Å²) < 4.78 is 0. The normalized spacial score (nSPS) is 37.1. The molecule has 24 heavy (non-hydrogen) atoms. The van der Waals surface area contributed by atoms with Crippen molar-refractivity contribution < 1.29 is 14.7 Å². The van der Waals surface area contributed by atoms with E-state index in [-0.39, 0.29) is 23.7 Å². The molecule has 0 radical (unpaired) electrons. The van der Waals surface area contributed by atoms with E-state index in [4.69, 9.17) is 0 Å². The highest BCUT2D eigenvalue weighted by Crippen LogP contribution is 2.48. The molecule has 0 aromatic heterocycles. The molecule has 0 spiro atoms. The number of hydrogen-bond donors (Lipinski definition) is 1. The minimum Gasteiger partial charge on any atom is -0.481 e. The third kappa shape index (κ3) is 2.77. The molecule has 1 heterocycles. The van der Waals surface area contributed by atoms with E-state index < -0.39 is 11.9 Å². The standard InChI is InChI=1S/C19H28N2O3/c22-18(16-13-6-7-14(12-13)17(16)19(23)24)21-10-8-20(9-11-21)15-4-2-1-3-5-15/h6-7,13-17H,1-5,8-12H2,(H,23,24)/t13-,14-,16+,17-/m0/s1. The van der Waals surface area contributed by atoms with Crippen LogP contribution in [0.15, 0.2) is 12.2 Å². The van der Waals surface area contributed by atoms with Gasteiger partial charge in [-0.25, -0.2) is 0 Å². The maximum atomic E-state index is 13.0. The molecular weight excluding hydrogens is 304 g/mol. The van der Waals surface area contributed by atoms with Gasteiger partial charge >= 0.3 is 5.97 Å². The number of piperazine rings is 1. The molecule has 2 saturated carbocycles. The van der Waals surface area contributed by atoms with Crippen molar-refractivity contribution in [3.8, 4) is 0 Å². The van der Waals surface area contributed by atoms with Crippen LogP contribution in [0.4, 0.5) is 0 Å². The van der Waals surface area contributed by atoms with E-state index in [1.807, 2.05) is 11.0 Å². The van der Waals surface area contributed by atoms with E-state index in [0.717, 1.165) is 32.6 Å². The summed E-state index contributed by atoms with van der Waals surface area (Å²) in [5, 5.41) is 9.55. The number of rotatable bonds is 3. The molecule has 1 amide bonds. The maximum Gasteiger partial charge on any atom is 0.307 e. The summed E-state index contributed by atoms with van der Waals surface area (Å²) in [6, 6.07) is 0.702. The van der Waals surface area contributed by atoms with Crippen LogP contribution in [0.2, 0.25) is 0 Å². The number of aliphatic carboxylic acids is 1. The highest BCUT2D eigenvalue weighted by Gasteiger charge is 2.52. The molecule has 4 atom stereocenters. The van der Waals surface area contributed by atoms with Gasteiger partial charge in [0.2, 0.25) is 5.91 Å². The highest BCUT2D eigenvalue weighted by molar-refractivity contribution is 5.87. The Kier molecular flexibility index (Phi) is 4.37. The molecule has 2 bridgehead atoms. The zero-order chi connectivity index (χ0) is 16.7. The van der Waals surface area contributed by atoms with Gasteiger partial charge in [0, 0.05) is 32.2 Å². The lowest BCUT2D eigenvalue weighted by molar-refractivity contribution is -0.151. The maximum absolute atomic E-state index is 13.0. The summed E-state index contributed by atoms with van der Waals surface area (Å²) in [7, 11) is 0. The lowest BCUT2D eigenvalue weighted by Gasteiger charge is -2.42. The summed E-state index contributed by atoms with van der Waals surface area (Å²) in [5.41, 5.74) is 0. The predicted molar refractivity (Wildman–Crippen MR) is 90.4 cm³/mol. The van der Waals surface area contributed by atoms with Gasteiger partial charge in [0.05, 0.1) is 11.8 Å². The van der Waals surface area contributed by atoms with Crippen LogP contribution in [0.5, 0.6) is 0 Å². The van der Waals surface area contributed by atoms with Gasteiger partial charge in [-0.1, -0.05) is 31.4 Å². The largest absolute Gasteiger partial charge is 0.481 e. The van der Waals surface area contributed by atoms with Gasteiger partial charge in [0.25, 0.3) is 0 Å². The van der Waals surface area contributed by atoms with Crippen molar-refractivity contribution in [3.63, 3.8) is 0 Å². The molecule has 1 N–H and O–H groups in total. The molecule has 4 rings (SSSR count). The van der Waals surface area contributed by atoms with Crippen LogP contribution in [0.3, 0.4) is 0 Å². The van der Waals surface area contributed by atoms with Crippen LogP contribution in [0.1, 0.15) is 38.5 Å². The van der Waals surface area contributed by atoms with Crippen molar-refractivity contribution in [3.05, 3.63) is 12.2 Å². The van der Waals surface area contributed by atoms with Crippen molar-refractivity contribution in [1.82, 2.24) is 9.80 Å². The van der Waals surface area contributed by atoms with Gasteiger partial charge in [-0.2, -0.15) is 0 Å². The van der Waals surface area contributed by atoms with Crippen molar-refractivity contribution in [2.45, 2.75) is 44.6 Å². The van der Waals surface area contributed by atoms with Crippen LogP contribution in [0.25, 0.3) is 0 Å². The Balaban J connectivity index is 1.38. The number of amides is 1. The van der Waals surface area contributed by atoms with Crippen LogP contribution >= 0.6 is 0 Å². The van der Waals surface area contributed by atoms with Gasteiger partial charge < -0.3 is 10.0 Å². The SMILES string of the molecule is O=C(O)[C@@H]1[C@H](C(=O)N2CCN(C3CCCCC3)CC2)[C@H]2C=C[C@H]1C2. The summed E-state index contributed by atoms with van der Waals surface area (Å²) in [6.45, 7) is 3.42. The fraction of sp³-hybridized carbons (Fsp3) is 0.789. The molecule has 5 nitrogen and oxygen atoms in total. The summed E-state index contributed by atoms with van der Waals surface area (Å²) >= 11 is 0. The average Bonchev–Trinajstić information content (AvgIpc) is 3.23. The Morgan fingerprint density at radius 3 is 2.12 bits per heavy atom. The van der Waals surface area contributed by atoms with Gasteiger partial charge in [-0.05, 0) is 31.1 Å². The second kappa shape index (κ2) is 6.51. The summed E-state index contributed by atoms with van der Waals surface area (Å²) in [4.78, 5) is 29.1. The van der Waals surface area contributed by atoms with Crippen molar-refractivity contribution in [1.29, 1.82) is 0 Å². The van der Waals surface area contributed by atoms with Crippen LogP contribution < -0.4 is 0 Å². The van der Waals surface area contributed by atoms with Crippen molar-refractivity contribution >= 4 is 11.9 Å². The zero-order valence-corrected chi connectivity index (χ0v) is 14.3. The third-order valence-electron chi connectivity index (χ3n) is 6.75. The van der Waals surface area contributed by atoms with Gasteiger partial charge in [0.15, 0.2) is 0 Å².